The number of aliphatic hydroxyl groups is 1. The Kier molecular flexibility index (Phi) is 4.69. The smallest absolute Gasteiger partial charge is 0.0881 e. The summed E-state index contributed by atoms with van der Waals surface area (Å²) < 4.78 is 5.80. The van der Waals surface area contributed by atoms with E-state index in [1.807, 2.05) is 44.2 Å². The van der Waals surface area contributed by atoms with E-state index in [1.54, 1.807) is 0 Å². The van der Waals surface area contributed by atoms with Crippen LogP contribution in [0.2, 0.25) is 0 Å². The highest BCUT2D eigenvalue weighted by Gasteiger charge is 2.29. The molecule has 17 heavy (non-hydrogen) atoms. The highest BCUT2D eigenvalue weighted by atomic mass is 16.5. The maximum atomic E-state index is 9.50. The summed E-state index contributed by atoms with van der Waals surface area (Å²) in [6, 6.07) is 9.59. The number of benzene rings is 1. The summed E-state index contributed by atoms with van der Waals surface area (Å²) >= 11 is 0. The van der Waals surface area contributed by atoms with E-state index in [0.717, 1.165) is 12.0 Å². The zero-order valence-electron chi connectivity index (χ0n) is 10.9. The van der Waals surface area contributed by atoms with Crippen LogP contribution in [0, 0.1) is 0 Å². The minimum absolute atomic E-state index is 0.128. The average Bonchev–Trinajstić information content (AvgIpc) is 2.37. The number of aliphatic hydroxyl groups excluding tert-OH is 1. The fourth-order valence-corrected chi connectivity index (χ4v) is 1.42. The molecule has 0 fully saturated rings. The maximum absolute atomic E-state index is 9.50. The van der Waals surface area contributed by atoms with E-state index in [2.05, 4.69) is 6.92 Å². The van der Waals surface area contributed by atoms with Gasteiger partial charge in [0.2, 0.25) is 0 Å². The monoisotopic (exact) mass is 237 g/mol. The first kappa shape index (κ1) is 14.2. The van der Waals surface area contributed by atoms with Gasteiger partial charge in [0.15, 0.2) is 0 Å². The van der Waals surface area contributed by atoms with Crippen molar-refractivity contribution in [3.05, 3.63) is 35.9 Å². The Bertz CT molecular complexity index is 337. The second-order valence-electron chi connectivity index (χ2n) is 5.08. The van der Waals surface area contributed by atoms with Crippen LogP contribution in [0.25, 0.3) is 0 Å². The largest absolute Gasteiger partial charge is 0.394 e. The predicted molar refractivity (Wildman–Crippen MR) is 69.7 cm³/mol. The third kappa shape index (κ3) is 3.80. The van der Waals surface area contributed by atoms with Crippen molar-refractivity contribution >= 4 is 0 Å². The Morgan fingerprint density at radius 2 is 1.82 bits per heavy atom. The lowest BCUT2D eigenvalue weighted by atomic mass is 9.92. The van der Waals surface area contributed by atoms with Crippen LogP contribution in [0.1, 0.15) is 32.8 Å². The minimum atomic E-state index is -0.826. The van der Waals surface area contributed by atoms with Gasteiger partial charge in [0.1, 0.15) is 0 Å². The van der Waals surface area contributed by atoms with Crippen molar-refractivity contribution in [1.29, 1.82) is 0 Å². The van der Waals surface area contributed by atoms with Crippen molar-refractivity contribution in [3.8, 4) is 0 Å². The molecule has 0 saturated heterocycles. The van der Waals surface area contributed by atoms with Gasteiger partial charge in [0.25, 0.3) is 0 Å². The predicted octanol–water partition coefficient (Wildman–Crippen LogP) is 2.04. The molecule has 0 radical (unpaired) electrons. The lowest BCUT2D eigenvalue weighted by Gasteiger charge is -2.33. The van der Waals surface area contributed by atoms with E-state index in [9.17, 15) is 5.11 Å². The second kappa shape index (κ2) is 5.63. The molecule has 0 aromatic heterocycles. The molecular weight excluding hydrogens is 214 g/mol. The van der Waals surface area contributed by atoms with E-state index in [4.69, 9.17) is 10.5 Å². The lowest BCUT2D eigenvalue weighted by molar-refractivity contribution is -0.0544. The Morgan fingerprint density at radius 1 is 1.24 bits per heavy atom. The molecule has 0 amide bonds. The molecule has 1 aromatic rings. The molecule has 0 spiro atoms. The zero-order chi connectivity index (χ0) is 12.9. The Labute approximate surface area is 104 Å². The highest BCUT2D eigenvalue weighted by Crippen LogP contribution is 2.22. The molecule has 0 saturated carbocycles. The van der Waals surface area contributed by atoms with Crippen molar-refractivity contribution in [3.63, 3.8) is 0 Å². The Balaban J connectivity index is 2.77. The molecule has 0 aliphatic rings. The summed E-state index contributed by atoms with van der Waals surface area (Å²) in [4.78, 5) is 0. The lowest BCUT2D eigenvalue weighted by Crippen LogP contribution is -2.47. The third-order valence-corrected chi connectivity index (χ3v) is 3.20. The van der Waals surface area contributed by atoms with Crippen molar-refractivity contribution in [2.24, 2.45) is 5.73 Å². The summed E-state index contributed by atoms with van der Waals surface area (Å²) in [7, 11) is 0. The first-order chi connectivity index (χ1) is 7.93. The molecule has 1 unspecified atom stereocenters. The minimum Gasteiger partial charge on any atom is -0.394 e. The molecule has 3 N–H and O–H groups in total. The Hall–Kier alpha value is -0.900. The summed E-state index contributed by atoms with van der Waals surface area (Å²) in [5, 5.41) is 9.50. The number of hydrogen-bond donors (Lipinski definition) is 2. The van der Waals surface area contributed by atoms with Gasteiger partial charge >= 0.3 is 0 Å². The third-order valence-electron chi connectivity index (χ3n) is 3.20. The molecule has 3 heteroatoms. The van der Waals surface area contributed by atoms with Crippen molar-refractivity contribution in [1.82, 2.24) is 0 Å². The van der Waals surface area contributed by atoms with Crippen molar-refractivity contribution in [2.45, 2.75) is 38.3 Å². The molecule has 1 aromatic carbocycles. The van der Waals surface area contributed by atoms with Crippen molar-refractivity contribution in [2.75, 3.05) is 13.2 Å². The fraction of sp³-hybridized carbons (Fsp3) is 0.571. The van der Waals surface area contributed by atoms with Gasteiger partial charge in [-0.1, -0.05) is 37.3 Å². The van der Waals surface area contributed by atoms with Gasteiger partial charge in [0, 0.05) is 0 Å². The van der Waals surface area contributed by atoms with Crippen LogP contribution < -0.4 is 5.73 Å². The van der Waals surface area contributed by atoms with Crippen LogP contribution in [0.5, 0.6) is 0 Å². The molecule has 0 aliphatic carbocycles. The molecule has 1 rings (SSSR count). The van der Waals surface area contributed by atoms with Gasteiger partial charge in [-0.3, -0.25) is 0 Å². The van der Waals surface area contributed by atoms with E-state index in [0.29, 0.717) is 6.61 Å². The van der Waals surface area contributed by atoms with Crippen LogP contribution in [0.4, 0.5) is 0 Å². The summed E-state index contributed by atoms with van der Waals surface area (Å²) in [5.74, 6) is 0. The van der Waals surface area contributed by atoms with Crippen LogP contribution in [-0.2, 0) is 10.3 Å². The number of nitrogens with two attached hydrogens (primary N) is 1. The van der Waals surface area contributed by atoms with Crippen LogP contribution in [-0.4, -0.2) is 23.9 Å². The molecule has 3 nitrogen and oxygen atoms in total. The summed E-state index contributed by atoms with van der Waals surface area (Å²) in [6.07, 6.45) is 0.906. The quantitative estimate of drug-likeness (QED) is 0.796. The van der Waals surface area contributed by atoms with Crippen LogP contribution >= 0.6 is 0 Å². The van der Waals surface area contributed by atoms with E-state index in [1.165, 1.54) is 0 Å². The van der Waals surface area contributed by atoms with Gasteiger partial charge in [0.05, 0.1) is 24.4 Å². The van der Waals surface area contributed by atoms with Crippen LogP contribution in [0.15, 0.2) is 30.3 Å². The van der Waals surface area contributed by atoms with Gasteiger partial charge < -0.3 is 15.6 Å². The molecular formula is C14H23NO2. The van der Waals surface area contributed by atoms with Crippen molar-refractivity contribution < 1.29 is 9.84 Å². The standard InChI is InChI=1S/C14H23NO2/c1-4-13(2,3)17-11-14(15,10-16)12-8-6-5-7-9-12/h5-9,16H,4,10-11,15H2,1-3H3. The number of ether oxygens (including phenoxy) is 1. The second-order valence-corrected chi connectivity index (χ2v) is 5.08. The normalized spacial score (nSPS) is 15.6. The first-order valence-electron chi connectivity index (χ1n) is 6.03. The van der Waals surface area contributed by atoms with E-state index >= 15 is 0 Å². The highest BCUT2D eigenvalue weighted by molar-refractivity contribution is 5.24. The van der Waals surface area contributed by atoms with Gasteiger partial charge in [-0.2, -0.15) is 0 Å². The number of hydrogen-bond acceptors (Lipinski definition) is 3. The average molecular weight is 237 g/mol. The van der Waals surface area contributed by atoms with E-state index < -0.39 is 5.54 Å². The molecule has 1 atom stereocenters. The Morgan fingerprint density at radius 3 is 2.29 bits per heavy atom. The zero-order valence-corrected chi connectivity index (χ0v) is 10.9. The summed E-state index contributed by atoms with van der Waals surface area (Å²) in [5.41, 5.74) is 6.06. The molecule has 0 aliphatic heterocycles. The molecule has 0 bridgehead atoms. The maximum Gasteiger partial charge on any atom is 0.0881 e. The molecule has 96 valence electrons. The molecule has 0 heterocycles. The topological polar surface area (TPSA) is 55.5 Å². The van der Waals surface area contributed by atoms with Gasteiger partial charge in [-0.25, -0.2) is 0 Å². The van der Waals surface area contributed by atoms with Gasteiger partial charge in [-0.05, 0) is 25.8 Å². The fourth-order valence-electron chi connectivity index (χ4n) is 1.42. The number of rotatable bonds is 6. The first-order valence-corrected chi connectivity index (χ1v) is 6.03. The van der Waals surface area contributed by atoms with E-state index in [-0.39, 0.29) is 12.2 Å². The summed E-state index contributed by atoms with van der Waals surface area (Å²) in [6.45, 7) is 6.30. The van der Waals surface area contributed by atoms with Gasteiger partial charge in [-0.15, -0.1) is 0 Å². The van der Waals surface area contributed by atoms with Crippen LogP contribution in [0.3, 0.4) is 0 Å². The SMILES string of the molecule is CCC(C)(C)OCC(N)(CO)c1ccccc1.